The van der Waals surface area contributed by atoms with E-state index in [1.165, 1.54) is 11.1 Å². The first kappa shape index (κ1) is 14.7. The Balaban J connectivity index is 1.72. The molecule has 0 amide bonds. The van der Waals surface area contributed by atoms with Gasteiger partial charge in [-0.05, 0) is 62.1 Å². The molecule has 0 aliphatic rings. The highest BCUT2D eigenvalue weighted by Gasteiger charge is 2.10. The van der Waals surface area contributed by atoms with Crippen molar-refractivity contribution in [2.75, 3.05) is 0 Å². The zero-order chi connectivity index (χ0) is 16.8. The van der Waals surface area contributed by atoms with Gasteiger partial charge in [0.05, 0.1) is 0 Å². The lowest BCUT2D eigenvalue weighted by Gasteiger charge is -1.97. The summed E-state index contributed by atoms with van der Waals surface area (Å²) in [5.41, 5.74) is 8.01. The van der Waals surface area contributed by atoms with Crippen LogP contribution in [-0.4, -0.2) is 9.97 Å². The van der Waals surface area contributed by atoms with E-state index < -0.39 is 0 Å². The van der Waals surface area contributed by atoms with E-state index in [-0.39, 0.29) is 0 Å². The molecule has 2 heterocycles. The average molecular weight is 318 g/mol. The minimum Gasteiger partial charge on any atom is -0.436 e. The molecule has 0 atom stereocenters. The van der Waals surface area contributed by atoms with Crippen molar-refractivity contribution in [2.45, 2.75) is 27.7 Å². The van der Waals surface area contributed by atoms with Gasteiger partial charge in [0.2, 0.25) is 11.8 Å². The minimum absolute atomic E-state index is 0.550. The second kappa shape index (κ2) is 5.34. The Morgan fingerprint density at radius 2 is 1.08 bits per heavy atom. The number of fused-ring (bicyclic) bond motifs is 2. The fraction of sp³-hybridized carbons (Fsp3) is 0.200. The standard InChI is InChI=1S/C20H18N2O2/c1-11-5-7-15-19(13(11)3)23-17(21-15)9-10-18-22-16-8-6-12(2)14(4)20(16)24-18/h5-10H,1-4H3. The summed E-state index contributed by atoms with van der Waals surface area (Å²) in [5.74, 6) is 1.10. The van der Waals surface area contributed by atoms with Crippen LogP contribution >= 0.6 is 0 Å². The second-order valence-electron chi connectivity index (χ2n) is 6.15. The zero-order valence-electron chi connectivity index (χ0n) is 14.2. The summed E-state index contributed by atoms with van der Waals surface area (Å²) < 4.78 is 11.7. The van der Waals surface area contributed by atoms with E-state index in [2.05, 4.69) is 35.9 Å². The van der Waals surface area contributed by atoms with Crippen LogP contribution in [-0.2, 0) is 0 Å². The summed E-state index contributed by atoms with van der Waals surface area (Å²) in [6, 6.07) is 8.06. The topological polar surface area (TPSA) is 52.1 Å². The molecule has 4 aromatic rings. The van der Waals surface area contributed by atoms with Crippen molar-refractivity contribution in [2.24, 2.45) is 0 Å². The Labute approximate surface area is 139 Å². The number of hydrogen-bond acceptors (Lipinski definition) is 4. The molecular formula is C20H18N2O2. The van der Waals surface area contributed by atoms with Gasteiger partial charge < -0.3 is 8.83 Å². The maximum absolute atomic E-state index is 5.85. The van der Waals surface area contributed by atoms with Crippen LogP contribution in [0.3, 0.4) is 0 Å². The summed E-state index contributed by atoms with van der Waals surface area (Å²) in [6.45, 7) is 8.22. The first-order chi connectivity index (χ1) is 11.5. The average Bonchev–Trinajstić information content (AvgIpc) is 3.17. The number of hydrogen-bond donors (Lipinski definition) is 0. The highest BCUT2D eigenvalue weighted by atomic mass is 16.4. The molecule has 0 saturated carbocycles. The van der Waals surface area contributed by atoms with E-state index in [0.717, 1.165) is 33.3 Å². The molecule has 4 rings (SSSR count). The van der Waals surface area contributed by atoms with Gasteiger partial charge in [0, 0.05) is 12.2 Å². The molecule has 24 heavy (non-hydrogen) atoms. The maximum Gasteiger partial charge on any atom is 0.220 e. The molecule has 4 heteroatoms. The SMILES string of the molecule is Cc1ccc2nc(C=Cc3nc4ccc(C)c(C)c4o3)oc2c1C. The molecule has 4 nitrogen and oxygen atoms in total. The third-order valence-electron chi connectivity index (χ3n) is 4.55. The Hall–Kier alpha value is -2.88. The van der Waals surface area contributed by atoms with Crippen LogP contribution in [0.15, 0.2) is 33.1 Å². The number of rotatable bonds is 2. The van der Waals surface area contributed by atoms with Crippen LogP contribution < -0.4 is 0 Å². The Bertz CT molecular complexity index is 1010. The lowest BCUT2D eigenvalue weighted by Crippen LogP contribution is -1.79. The lowest BCUT2D eigenvalue weighted by molar-refractivity contribution is 0.581. The van der Waals surface area contributed by atoms with E-state index in [1.807, 2.05) is 26.0 Å². The van der Waals surface area contributed by atoms with Gasteiger partial charge in [-0.2, -0.15) is 0 Å². The van der Waals surface area contributed by atoms with Crippen molar-refractivity contribution >= 4 is 34.4 Å². The normalized spacial score (nSPS) is 12.0. The highest BCUT2D eigenvalue weighted by Crippen LogP contribution is 2.25. The highest BCUT2D eigenvalue weighted by molar-refractivity contribution is 5.81. The third kappa shape index (κ3) is 2.31. The van der Waals surface area contributed by atoms with Crippen LogP contribution in [0.2, 0.25) is 0 Å². The number of oxazole rings is 2. The summed E-state index contributed by atoms with van der Waals surface area (Å²) in [4.78, 5) is 8.98. The zero-order valence-corrected chi connectivity index (χ0v) is 14.2. The van der Waals surface area contributed by atoms with Crippen LogP contribution in [0.1, 0.15) is 34.0 Å². The summed E-state index contributed by atoms with van der Waals surface area (Å²) in [5, 5.41) is 0. The largest absolute Gasteiger partial charge is 0.436 e. The predicted molar refractivity (Wildman–Crippen MR) is 95.9 cm³/mol. The molecule has 2 aromatic carbocycles. The quantitative estimate of drug-likeness (QED) is 0.498. The monoisotopic (exact) mass is 318 g/mol. The van der Waals surface area contributed by atoms with E-state index in [0.29, 0.717) is 11.8 Å². The molecule has 0 aliphatic heterocycles. The van der Waals surface area contributed by atoms with Gasteiger partial charge in [-0.25, -0.2) is 9.97 Å². The van der Waals surface area contributed by atoms with E-state index in [9.17, 15) is 0 Å². The first-order valence-electron chi connectivity index (χ1n) is 7.94. The van der Waals surface area contributed by atoms with Crippen LogP contribution in [0.4, 0.5) is 0 Å². The molecule has 0 bridgehead atoms. The minimum atomic E-state index is 0.550. The molecule has 0 unspecified atom stereocenters. The second-order valence-corrected chi connectivity index (χ2v) is 6.15. The third-order valence-corrected chi connectivity index (χ3v) is 4.55. The fourth-order valence-electron chi connectivity index (χ4n) is 2.76. The summed E-state index contributed by atoms with van der Waals surface area (Å²) in [6.07, 6.45) is 3.59. The van der Waals surface area contributed by atoms with Gasteiger partial charge in [-0.3, -0.25) is 0 Å². The van der Waals surface area contributed by atoms with Crippen molar-refractivity contribution in [3.05, 3.63) is 58.3 Å². The van der Waals surface area contributed by atoms with Crippen molar-refractivity contribution < 1.29 is 8.83 Å². The van der Waals surface area contributed by atoms with Crippen molar-refractivity contribution in [1.29, 1.82) is 0 Å². The molecule has 2 aromatic heterocycles. The van der Waals surface area contributed by atoms with Gasteiger partial charge in [-0.15, -0.1) is 0 Å². The van der Waals surface area contributed by atoms with Gasteiger partial charge >= 0.3 is 0 Å². The number of benzene rings is 2. The van der Waals surface area contributed by atoms with Gasteiger partial charge in [0.25, 0.3) is 0 Å². The summed E-state index contributed by atoms with van der Waals surface area (Å²) >= 11 is 0. The Morgan fingerprint density at radius 3 is 1.50 bits per heavy atom. The molecule has 0 saturated heterocycles. The Kier molecular flexibility index (Phi) is 3.27. The van der Waals surface area contributed by atoms with Crippen molar-refractivity contribution in [3.8, 4) is 0 Å². The first-order valence-corrected chi connectivity index (χ1v) is 7.94. The predicted octanol–water partition coefficient (Wildman–Crippen LogP) is 5.37. The number of aryl methyl sites for hydroxylation is 4. The van der Waals surface area contributed by atoms with Crippen LogP contribution in [0, 0.1) is 27.7 Å². The fourth-order valence-corrected chi connectivity index (χ4v) is 2.76. The van der Waals surface area contributed by atoms with Gasteiger partial charge in [0.1, 0.15) is 11.0 Å². The molecule has 0 aliphatic carbocycles. The lowest BCUT2D eigenvalue weighted by atomic mass is 10.1. The van der Waals surface area contributed by atoms with E-state index >= 15 is 0 Å². The maximum atomic E-state index is 5.85. The number of nitrogens with zero attached hydrogens (tertiary/aromatic N) is 2. The Morgan fingerprint density at radius 1 is 0.667 bits per heavy atom. The van der Waals surface area contributed by atoms with Gasteiger partial charge in [0.15, 0.2) is 11.2 Å². The molecule has 0 spiro atoms. The van der Waals surface area contributed by atoms with Crippen LogP contribution in [0.25, 0.3) is 34.4 Å². The van der Waals surface area contributed by atoms with E-state index in [1.54, 1.807) is 12.2 Å². The summed E-state index contributed by atoms with van der Waals surface area (Å²) in [7, 11) is 0. The smallest absolute Gasteiger partial charge is 0.220 e. The molecule has 0 radical (unpaired) electrons. The number of aromatic nitrogens is 2. The molecular weight excluding hydrogens is 300 g/mol. The molecule has 0 fully saturated rings. The molecule has 120 valence electrons. The van der Waals surface area contributed by atoms with Crippen LogP contribution in [0.5, 0.6) is 0 Å². The van der Waals surface area contributed by atoms with Gasteiger partial charge in [-0.1, -0.05) is 12.1 Å². The van der Waals surface area contributed by atoms with Crippen molar-refractivity contribution in [3.63, 3.8) is 0 Å². The molecule has 0 N–H and O–H groups in total. The van der Waals surface area contributed by atoms with Crippen molar-refractivity contribution in [1.82, 2.24) is 9.97 Å². The van der Waals surface area contributed by atoms with E-state index in [4.69, 9.17) is 8.83 Å².